The maximum absolute atomic E-state index is 12.7. The number of piperidine rings is 1. The van der Waals surface area contributed by atoms with Crippen molar-refractivity contribution < 1.29 is 29.3 Å². The molecule has 3 rings (SSSR count). The normalized spacial score (nSPS) is 22.5. The number of aromatic nitrogens is 1. The number of ether oxygens (including phenoxy) is 1. The van der Waals surface area contributed by atoms with Gasteiger partial charge in [0.25, 0.3) is 0 Å². The summed E-state index contributed by atoms with van der Waals surface area (Å²) in [6.07, 6.45) is 7.48. The van der Waals surface area contributed by atoms with E-state index in [-0.39, 0.29) is 35.1 Å². The maximum Gasteiger partial charge on any atom is 0.354 e. The first-order valence-electron chi connectivity index (χ1n) is 13.6. The Balaban J connectivity index is 0.000000874. The summed E-state index contributed by atoms with van der Waals surface area (Å²) in [6.45, 7) is 11.9. The molecule has 1 aromatic rings. The largest absolute Gasteiger partial charge is 0.477 e. The lowest BCUT2D eigenvalue weighted by atomic mass is 9.75. The number of carboxylic acids is 1. The molecule has 2 heterocycles. The maximum atomic E-state index is 12.7. The Bertz CT molecular complexity index is 829. The third kappa shape index (κ3) is 11.6. The van der Waals surface area contributed by atoms with Crippen molar-refractivity contribution in [1.29, 1.82) is 0 Å². The van der Waals surface area contributed by atoms with E-state index in [1.165, 1.54) is 0 Å². The molecule has 210 valence electrons. The van der Waals surface area contributed by atoms with Crippen molar-refractivity contribution >= 4 is 17.8 Å². The Kier molecular flexibility index (Phi) is 14.4. The van der Waals surface area contributed by atoms with E-state index >= 15 is 0 Å². The summed E-state index contributed by atoms with van der Waals surface area (Å²) in [7, 11) is 0. The molecule has 0 spiro atoms. The number of likely N-dealkylation sites (tertiary alicyclic amines) is 1. The first-order chi connectivity index (χ1) is 17.5. The van der Waals surface area contributed by atoms with E-state index in [2.05, 4.69) is 17.6 Å². The van der Waals surface area contributed by atoms with E-state index in [0.29, 0.717) is 38.5 Å². The quantitative estimate of drug-likeness (QED) is 0.467. The molecule has 9 nitrogen and oxygen atoms in total. The van der Waals surface area contributed by atoms with Crippen LogP contribution in [0.15, 0.2) is 18.3 Å². The van der Waals surface area contributed by atoms with E-state index in [1.54, 1.807) is 19.2 Å². The third-order valence-corrected chi connectivity index (χ3v) is 7.01. The minimum absolute atomic E-state index is 0.0543. The van der Waals surface area contributed by atoms with E-state index in [4.69, 9.17) is 9.84 Å². The molecule has 1 saturated heterocycles. The number of nitrogens with zero attached hydrogens (tertiary/aromatic N) is 2. The van der Waals surface area contributed by atoms with E-state index in [0.717, 1.165) is 44.1 Å². The van der Waals surface area contributed by atoms with Crippen LogP contribution >= 0.6 is 0 Å². The molecule has 0 radical (unpaired) electrons. The van der Waals surface area contributed by atoms with Crippen LogP contribution in [-0.2, 0) is 14.3 Å². The molecule has 1 aromatic heterocycles. The number of hydrogen-bond donors (Lipinski definition) is 3. The average molecular weight is 522 g/mol. The Labute approximate surface area is 221 Å². The molecule has 2 amide bonds. The van der Waals surface area contributed by atoms with Gasteiger partial charge in [-0.2, -0.15) is 0 Å². The number of carbonyl (C=O) groups is 3. The molecule has 0 bridgehead atoms. The predicted molar refractivity (Wildman–Crippen MR) is 143 cm³/mol. The summed E-state index contributed by atoms with van der Waals surface area (Å²) in [5.74, 6) is -0.831. The van der Waals surface area contributed by atoms with Crippen molar-refractivity contribution in [3.05, 3.63) is 29.6 Å². The van der Waals surface area contributed by atoms with Crippen LogP contribution in [0.2, 0.25) is 0 Å². The molecule has 2 fully saturated rings. The molecule has 0 unspecified atom stereocenters. The number of nitrogens with two attached hydrogens (primary N) is 1. The number of pyridine rings is 1. The fourth-order valence-corrected chi connectivity index (χ4v) is 4.46. The number of carboxylic acid groups (broad SMARTS) is 1. The number of primary amides is 1. The van der Waals surface area contributed by atoms with Crippen LogP contribution in [0.1, 0.15) is 108 Å². The minimum Gasteiger partial charge on any atom is -0.477 e. The van der Waals surface area contributed by atoms with Crippen LogP contribution in [0.25, 0.3) is 0 Å². The van der Waals surface area contributed by atoms with Gasteiger partial charge in [-0.3, -0.25) is 9.59 Å². The van der Waals surface area contributed by atoms with Crippen LogP contribution in [0, 0.1) is 5.41 Å². The summed E-state index contributed by atoms with van der Waals surface area (Å²) >= 11 is 0. The predicted octanol–water partition coefficient (Wildman–Crippen LogP) is 4.13. The Morgan fingerprint density at radius 1 is 1.16 bits per heavy atom. The molecule has 4 N–H and O–H groups in total. The van der Waals surface area contributed by atoms with Crippen molar-refractivity contribution in [3.8, 4) is 0 Å². The van der Waals surface area contributed by atoms with Crippen molar-refractivity contribution in [2.75, 3.05) is 19.7 Å². The van der Waals surface area contributed by atoms with E-state index in [9.17, 15) is 19.5 Å². The Morgan fingerprint density at radius 2 is 1.73 bits per heavy atom. The van der Waals surface area contributed by atoms with Crippen LogP contribution in [0.3, 0.4) is 0 Å². The third-order valence-electron chi connectivity index (χ3n) is 7.01. The summed E-state index contributed by atoms with van der Waals surface area (Å²) < 4.78 is 6.02. The molecule has 0 aromatic carbocycles. The SMILES string of the molecule is CC.CCC(N)=O.C[C@H](CC(=O)N1CCC(c2ccc(C(=O)O)nc2)CC1)OCC1(C)CCC(O)CC1. The van der Waals surface area contributed by atoms with Crippen molar-refractivity contribution in [1.82, 2.24) is 9.88 Å². The van der Waals surface area contributed by atoms with Crippen LogP contribution in [-0.4, -0.2) is 69.8 Å². The molecular weight excluding hydrogens is 474 g/mol. The molecule has 1 saturated carbocycles. The first-order valence-corrected chi connectivity index (χ1v) is 13.6. The zero-order valence-electron chi connectivity index (χ0n) is 23.2. The second-order valence-corrected chi connectivity index (χ2v) is 10.1. The molecule has 1 aliphatic carbocycles. The van der Waals surface area contributed by atoms with Crippen molar-refractivity contribution in [3.63, 3.8) is 0 Å². The molecular formula is C28H47N3O6. The highest BCUT2D eigenvalue weighted by Gasteiger charge is 2.32. The fraction of sp³-hybridized carbons (Fsp3) is 0.714. The molecule has 37 heavy (non-hydrogen) atoms. The smallest absolute Gasteiger partial charge is 0.354 e. The fourth-order valence-electron chi connectivity index (χ4n) is 4.46. The number of amides is 2. The lowest BCUT2D eigenvalue weighted by molar-refractivity contribution is -0.136. The zero-order chi connectivity index (χ0) is 28.0. The van der Waals surface area contributed by atoms with E-state index in [1.807, 2.05) is 31.7 Å². The highest BCUT2D eigenvalue weighted by molar-refractivity contribution is 5.85. The molecule has 2 aliphatic rings. The average Bonchev–Trinajstić information content (AvgIpc) is 2.91. The second-order valence-electron chi connectivity index (χ2n) is 10.1. The standard InChI is InChI=1S/C23H34N2O5.C3H7NO.C2H6/c1-16(30-15-23(2)9-5-19(26)6-10-23)13-21(27)25-11-7-17(8-12-25)18-3-4-20(22(28)29)24-14-18;1-2-3(4)5;1-2/h3-4,14,16-17,19,26H,5-13,15H2,1-2H3,(H,28,29);2H2,1H3,(H2,4,5);1-2H3/t16-,19?,23?;;/m1../s1. The van der Waals surface area contributed by atoms with Crippen LogP contribution in [0.4, 0.5) is 0 Å². The minimum atomic E-state index is -1.02. The number of aromatic carboxylic acids is 1. The monoisotopic (exact) mass is 521 g/mol. The zero-order valence-corrected chi connectivity index (χ0v) is 23.2. The van der Waals surface area contributed by atoms with Gasteiger partial charge >= 0.3 is 5.97 Å². The van der Waals surface area contributed by atoms with Crippen LogP contribution < -0.4 is 5.73 Å². The summed E-state index contributed by atoms with van der Waals surface area (Å²) in [6, 6.07) is 3.38. The lowest BCUT2D eigenvalue weighted by Crippen LogP contribution is -2.40. The van der Waals surface area contributed by atoms with Gasteiger partial charge < -0.3 is 25.6 Å². The highest BCUT2D eigenvalue weighted by Crippen LogP contribution is 2.36. The summed E-state index contributed by atoms with van der Waals surface area (Å²) in [5.41, 5.74) is 5.84. The second kappa shape index (κ2) is 16.3. The first kappa shape index (κ1) is 32.5. The summed E-state index contributed by atoms with van der Waals surface area (Å²) in [5, 5.41) is 18.7. The van der Waals surface area contributed by atoms with Crippen molar-refractivity contribution in [2.45, 2.75) is 104 Å². The van der Waals surface area contributed by atoms with Gasteiger partial charge in [0.05, 0.1) is 25.2 Å². The van der Waals surface area contributed by atoms with Gasteiger partial charge in [-0.1, -0.05) is 33.8 Å². The lowest BCUT2D eigenvalue weighted by Gasteiger charge is -2.36. The van der Waals surface area contributed by atoms with Gasteiger partial charge in [-0.15, -0.1) is 0 Å². The van der Waals surface area contributed by atoms with Gasteiger partial charge in [0, 0.05) is 25.7 Å². The highest BCUT2D eigenvalue weighted by atomic mass is 16.5. The van der Waals surface area contributed by atoms with Gasteiger partial charge in [-0.25, -0.2) is 9.78 Å². The summed E-state index contributed by atoms with van der Waals surface area (Å²) in [4.78, 5) is 39.1. The Hall–Kier alpha value is -2.52. The van der Waals surface area contributed by atoms with Gasteiger partial charge in [0.2, 0.25) is 11.8 Å². The van der Waals surface area contributed by atoms with E-state index < -0.39 is 5.97 Å². The number of carbonyl (C=O) groups excluding carboxylic acids is 2. The number of aliphatic hydroxyl groups is 1. The topological polar surface area (TPSA) is 143 Å². The molecule has 1 atom stereocenters. The van der Waals surface area contributed by atoms with Gasteiger partial charge in [0.15, 0.2) is 0 Å². The molecule has 1 aliphatic heterocycles. The van der Waals surface area contributed by atoms with Crippen LogP contribution in [0.5, 0.6) is 0 Å². The number of hydrogen-bond acceptors (Lipinski definition) is 6. The van der Waals surface area contributed by atoms with Crippen molar-refractivity contribution in [2.24, 2.45) is 11.1 Å². The van der Waals surface area contributed by atoms with Gasteiger partial charge in [0.1, 0.15) is 5.69 Å². The van der Waals surface area contributed by atoms with Gasteiger partial charge in [-0.05, 0) is 68.4 Å². The molecule has 9 heteroatoms. The number of aliphatic hydroxyl groups excluding tert-OH is 1. The number of rotatable bonds is 8. The Morgan fingerprint density at radius 3 is 2.19 bits per heavy atom.